The van der Waals surface area contributed by atoms with Crippen LogP contribution in [0.25, 0.3) is 0 Å². The van der Waals surface area contributed by atoms with Gasteiger partial charge in [0.05, 0.1) is 6.10 Å². The molecule has 2 N–H and O–H groups in total. The summed E-state index contributed by atoms with van der Waals surface area (Å²) < 4.78 is 12.5. The lowest BCUT2D eigenvalue weighted by Crippen LogP contribution is -2.23. The molecule has 1 aromatic rings. The molecule has 0 fully saturated rings. The molecule has 80 valence electrons. The number of aliphatic hydroxyl groups excluding tert-OH is 1. The first kappa shape index (κ1) is 13.4. The first-order valence-electron chi connectivity index (χ1n) is 4.31. The van der Waals surface area contributed by atoms with E-state index in [-0.39, 0.29) is 24.3 Å². The van der Waals surface area contributed by atoms with Gasteiger partial charge in [-0.05, 0) is 24.6 Å². The van der Waals surface area contributed by atoms with Crippen LogP contribution >= 0.6 is 12.4 Å². The molecule has 2 nitrogen and oxygen atoms in total. The third-order valence-electron chi connectivity index (χ3n) is 1.68. The maximum Gasteiger partial charge on any atom is 0.123 e. The van der Waals surface area contributed by atoms with Gasteiger partial charge in [-0.15, -0.1) is 12.4 Å². The van der Waals surface area contributed by atoms with Crippen molar-refractivity contribution in [2.24, 2.45) is 0 Å². The molecular weight excluding hydrogens is 205 g/mol. The molecule has 1 atom stereocenters. The molecule has 0 saturated carbocycles. The van der Waals surface area contributed by atoms with E-state index < -0.39 is 0 Å². The van der Waals surface area contributed by atoms with Gasteiger partial charge in [0.15, 0.2) is 0 Å². The van der Waals surface area contributed by atoms with E-state index in [4.69, 9.17) is 5.11 Å². The molecule has 0 aliphatic rings. The summed E-state index contributed by atoms with van der Waals surface area (Å²) in [7, 11) is 0. The summed E-state index contributed by atoms with van der Waals surface area (Å²) in [5.41, 5.74) is 1.02. The third-order valence-corrected chi connectivity index (χ3v) is 1.68. The van der Waals surface area contributed by atoms with Crippen molar-refractivity contribution in [3.63, 3.8) is 0 Å². The Bertz CT molecular complexity index is 251. The first-order valence-corrected chi connectivity index (χ1v) is 4.31. The lowest BCUT2D eigenvalue weighted by Gasteiger charge is -2.06. The van der Waals surface area contributed by atoms with Gasteiger partial charge in [0.2, 0.25) is 0 Å². The lowest BCUT2D eigenvalue weighted by molar-refractivity contribution is 0.191. The van der Waals surface area contributed by atoms with Gasteiger partial charge in [0.1, 0.15) is 5.82 Å². The van der Waals surface area contributed by atoms with Gasteiger partial charge in [-0.25, -0.2) is 4.39 Å². The van der Waals surface area contributed by atoms with E-state index in [1.807, 2.05) is 0 Å². The van der Waals surface area contributed by atoms with Crippen LogP contribution in [0.2, 0.25) is 0 Å². The highest BCUT2D eigenvalue weighted by molar-refractivity contribution is 5.85. The maximum absolute atomic E-state index is 12.5. The molecule has 0 aliphatic carbocycles. The summed E-state index contributed by atoms with van der Waals surface area (Å²) >= 11 is 0. The van der Waals surface area contributed by atoms with Crippen molar-refractivity contribution in [2.75, 3.05) is 6.54 Å². The number of hydrogen-bond donors (Lipinski definition) is 2. The number of aliphatic hydroxyl groups is 1. The van der Waals surface area contributed by atoms with E-state index in [1.54, 1.807) is 19.1 Å². The normalized spacial score (nSPS) is 11.9. The SMILES string of the molecule is CC(O)CNCc1ccc(F)cc1.Cl. The fourth-order valence-electron chi connectivity index (χ4n) is 1.03. The minimum absolute atomic E-state index is 0. The van der Waals surface area contributed by atoms with Crippen LogP contribution in [0.5, 0.6) is 0 Å². The van der Waals surface area contributed by atoms with Gasteiger partial charge in [0.25, 0.3) is 0 Å². The summed E-state index contributed by atoms with van der Waals surface area (Å²) in [6, 6.07) is 6.31. The Balaban J connectivity index is 0.00000169. The van der Waals surface area contributed by atoms with Crippen LogP contribution in [0.1, 0.15) is 12.5 Å². The predicted octanol–water partition coefficient (Wildman–Crippen LogP) is 1.72. The molecule has 1 unspecified atom stereocenters. The van der Waals surface area contributed by atoms with E-state index in [9.17, 15) is 4.39 Å². The van der Waals surface area contributed by atoms with Crippen molar-refractivity contribution in [3.8, 4) is 0 Å². The molecule has 0 radical (unpaired) electrons. The molecule has 0 aliphatic heterocycles. The topological polar surface area (TPSA) is 32.3 Å². The summed E-state index contributed by atoms with van der Waals surface area (Å²) in [5.74, 6) is -0.223. The second-order valence-electron chi connectivity index (χ2n) is 3.11. The van der Waals surface area contributed by atoms with Crippen molar-refractivity contribution in [1.82, 2.24) is 5.32 Å². The van der Waals surface area contributed by atoms with Crippen LogP contribution in [-0.2, 0) is 6.54 Å². The Labute approximate surface area is 89.6 Å². The number of rotatable bonds is 4. The van der Waals surface area contributed by atoms with Gasteiger partial charge >= 0.3 is 0 Å². The largest absolute Gasteiger partial charge is 0.392 e. The summed E-state index contributed by atoms with van der Waals surface area (Å²) in [5, 5.41) is 12.0. The van der Waals surface area contributed by atoms with Crippen LogP contribution in [-0.4, -0.2) is 17.8 Å². The number of halogens is 2. The van der Waals surface area contributed by atoms with Gasteiger partial charge in [-0.3, -0.25) is 0 Å². The molecule has 0 aromatic heterocycles. The highest BCUT2D eigenvalue weighted by Gasteiger charge is 1.95. The molecule has 0 bridgehead atoms. The zero-order valence-electron chi connectivity index (χ0n) is 8.03. The summed E-state index contributed by atoms with van der Waals surface area (Å²) in [6.07, 6.45) is -0.347. The molecule has 1 rings (SSSR count). The second kappa shape index (κ2) is 6.76. The number of benzene rings is 1. The zero-order chi connectivity index (χ0) is 9.68. The highest BCUT2D eigenvalue weighted by atomic mass is 35.5. The number of nitrogens with one attached hydrogen (secondary N) is 1. The van der Waals surface area contributed by atoms with Crippen molar-refractivity contribution in [3.05, 3.63) is 35.6 Å². The van der Waals surface area contributed by atoms with Gasteiger partial charge < -0.3 is 10.4 Å². The third kappa shape index (κ3) is 5.17. The lowest BCUT2D eigenvalue weighted by atomic mass is 10.2. The van der Waals surface area contributed by atoms with E-state index in [0.29, 0.717) is 13.1 Å². The smallest absolute Gasteiger partial charge is 0.123 e. The second-order valence-corrected chi connectivity index (χ2v) is 3.11. The minimum Gasteiger partial charge on any atom is -0.392 e. The Morgan fingerprint density at radius 1 is 1.36 bits per heavy atom. The van der Waals surface area contributed by atoms with E-state index in [1.165, 1.54) is 12.1 Å². The average molecular weight is 220 g/mol. The maximum atomic E-state index is 12.5. The standard InChI is InChI=1S/C10H14FNO.ClH/c1-8(13)6-12-7-9-2-4-10(11)5-3-9;/h2-5,8,12-13H,6-7H2,1H3;1H. The monoisotopic (exact) mass is 219 g/mol. The Kier molecular flexibility index (Phi) is 6.45. The fraction of sp³-hybridized carbons (Fsp3) is 0.400. The number of hydrogen-bond acceptors (Lipinski definition) is 2. The molecule has 0 amide bonds. The van der Waals surface area contributed by atoms with Crippen molar-refractivity contribution < 1.29 is 9.50 Å². The molecule has 4 heteroatoms. The molecule has 0 heterocycles. The molecular formula is C10H15ClFNO. The molecule has 14 heavy (non-hydrogen) atoms. The quantitative estimate of drug-likeness (QED) is 0.808. The van der Waals surface area contributed by atoms with Crippen molar-refractivity contribution >= 4 is 12.4 Å². The average Bonchev–Trinajstić information content (AvgIpc) is 2.08. The van der Waals surface area contributed by atoms with Crippen LogP contribution < -0.4 is 5.32 Å². The molecule has 1 aromatic carbocycles. The van der Waals surface area contributed by atoms with Gasteiger partial charge in [0, 0.05) is 13.1 Å². The van der Waals surface area contributed by atoms with E-state index >= 15 is 0 Å². The van der Waals surface area contributed by atoms with Crippen molar-refractivity contribution in [1.29, 1.82) is 0 Å². The Morgan fingerprint density at radius 3 is 2.43 bits per heavy atom. The van der Waals surface area contributed by atoms with E-state index in [0.717, 1.165) is 5.56 Å². The van der Waals surface area contributed by atoms with Crippen molar-refractivity contribution in [2.45, 2.75) is 19.6 Å². The van der Waals surface area contributed by atoms with Crippen LogP contribution in [0.15, 0.2) is 24.3 Å². The fourth-order valence-corrected chi connectivity index (χ4v) is 1.03. The summed E-state index contributed by atoms with van der Waals surface area (Å²) in [6.45, 7) is 2.93. The zero-order valence-corrected chi connectivity index (χ0v) is 8.85. The Hall–Kier alpha value is -0.640. The van der Waals surface area contributed by atoms with E-state index in [2.05, 4.69) is 5.32 Å². The minimum atomic E-state index is -0.347. The molecule has 0 spiro atoms. The first-order chi connectivity index (χ1) is 6.18. The molecule has 0 saturated heterocycles. The van der Waals surface area contributed by atoms with Crippen LogP contribution in [0.4, 0.5) is 4.39 Å². The van der Waals surface area contributed by atoms with Crippen LogP contribution in [0.3, 0.4) is 0 Å². The van der Waals surface area contributed by atoms with Gasteiger partial charge in [-0.2, -0.15) is 0 Å². The Morgan fingerprint density at radius 2 is 1.93 bits per heavy atom. The highest BCUT2D eigenvalue weighted by Crippen LogP contribution is 2.01. The van der Waals surface area contributed by atoms with Gasteiger partial charge in [-0.1, -0.05) is 12.1 Å². The van der Waals surface area contributed by atoms with Crippen LogP contribution in [0, 0.1) is 5.82 Å². The summed E-state index contributed by atoms with van der Waals surface area (Å²) in [4.78, 5) is 0. The predicted molar refractivity (Wildman–Crippen MR) is 57.0 cm³/mol.